The van der Waals surface area contributed by atoms with E-state index in [0.29, 0.717) is 31.0 Å². The lowest BCUT2D eigenvalue weighted by Gasteiger charge is -2.35. The number of likely N-dealkylation sites (tertiary alicyclic amines) is 1. The molecule has 1 aromatic rings. The molecular weight excluding hydrogens is 326 g/mol. The molecule has 1 heterocycles. The molecule has 1 aromatic carbocycles. The van der Waals surface area contributed by atoms with Crippen molar-refractivity contribution in [2.45, 2.75) is 45.6 Å². The summed E-state index contributed by atoms with van der Waals surface area (Å²) in [6, 6.07) is 7.91. The summed E-state index contributed by atoms with van der Waals surface area (Å²) in [6.45, 7) is 7.49. The monoisotopic (exact) mass is 359 g/mol. The fraction of sp³-hybridized carbons (Fsp3) is 0.619. The minimum atomic E-state index is -0.00427. The van der Waals surface area contributed by atoms with Gasteiger partial charge in [0.25, 0.3) is 5.91 Å². The van der Waals surface area contributed by atoms with Gasteiger partial charge in [0.2, 0.25) is 5.91 Å². The number of nitrogens with one attached hydrogen (secondary N) is 1. The van der Waals surface area contributed by atoms with Crippen LogP contribution in [0.1, 0.15) is 49.0 Å². The second kappa shape index (κ2) is 9.72. The number of hydrogen-bond acceptors (Lipinski definition) is 3. The minimum Gasteiger partial charge on any atom is -0.355 e. The number of carbonyl (C=O) groups excluding carboxylic acids is 2. The highest BCUT2D eigenvalue weighted by atomic mass is 16.2. The maximum absolute atomic E-state index is 12.1. The summed E-state index contributed by atoms with van der Waals surface area (Å²) in [4.78, 5) is 28.0. The Bertz CT molecular complexity index is 590. The van der Waals surface area contributed by atoms with Crippen LogP contribution in [0.2, 0.25) is 0 Å². The smallest absolute Gasteiger partial charge is 0.253 e. The van der Waals surface area contributed by atoms with Crippen LogP contribution >= 0.6 is 0 Å². The molecule has 1 saturated heterocycles. The molecule has 0 aromatic heterocycles. The van der Waals surface area contributed by atoms with Crippen molar-refractivity contribution >= 4 is 11.8 Å². The van der Waals surface area contributed by atoms with Gasteiger partial charge in [0, 0.05) is 38.7 Å². The van der Waals surface area contributed by atoms with E-state index in [1.54, 1.807) is 19.0 Å². The van der Waals surface area contributed by atoms with Crippen molar-refractivity contribution in [1.29, 1.82) is 0 Å². The fourth-order valence-electron chi connectivity index (χ4n) is 3.28. The molecule has 26 heavy (non-hydrogen) atoms. The third kappa shape index (κ3) is 6.13. The van der Waals surface area contributed by atoms with Crippen LogP contribution in [0.25, 0.3) is 0 Å². The van der Waals surface area contributed by atoms with Crippen LogP contribution in [-0.4, -0.2) is 61.4 Å². The molecule has 1 fully saturated rings. The zero-order valence-electron chi connectivity index (χ0n) is 16.6. The summed E-state index contributed by atoms with van der Waals surface area (Å²) >= 11 is 0. The van der Waals surface area contributed by atoms with Crippen molar-refractivity contribution in [3.63, 3.8) is 0 Å². The average Bonchev–Trinajstić information content (AvgIpc) is 2.64. The van der Waals surface area contributed by atoms with E-state index in [4.69, 9.17) is 0 Å². The lowest BCUT2D eigenvalue weighted by molar-refractivity contribution is -0.121. The largest absolute Gasteiger partial charge is 0.355 e. The molecule has 2 rings (SSSR count). The molecule has 1 unspecified atom stereocenters. The summed E-state index contributed by atoms with van der Waals surface area (Å²) in [6.07, 6.45) is 3.68. The quantitative estimate of drug-likeness (QED) is 0.814. The molecule has 1 N–H and O–H groups in total. The van der Waals surface area contributed by atoms with Gasteiger partial charge in [-0.05, 0) is 62.9 Å². The zero-order chi connectivity index (χ0) is 19.1. The van der Waals surface area contributed by atoms with E-state index in [1.807, 2.05) is 24.3 Å². The summed E-state index contributed by atoms with van der Waals surface area (Å²) in [5.41, 5.74) is 1.75. The van der Waals surface area contributed by atoms with Gasteiger partial charge < -0.3 is 10.2 Å². The van der Waals surface area contributed by atoms with Crippen LogP contribution in [0.4, 0.5) is 0 Å². The predicted octanol–water partition coefficient (Wildman–Crippen LogP) is 2.56. The lowest BCUT2D eigenvalue weighted by Crippen LogP contribution is -2.45. The molecule has 1 aliphatic heterocycles. The van der Waals surface area contributed by atoms with E-state index >= 15 is 0 Å². The van der Waals surface area contributed by atoms with E-state index in [2.05, 4.69) is 24.1 Å². The Hall–Kier alpha value is -1.88. The number of nitrogens with zero attached hydrogens (tertiary/aromatic N) is 2. The van der Waals surface area contributed by atoms with Crippen molar-refractivity contribution in [2.24, 2.45) is 5.92 Å². The minimum absolute atomic E-state index is 0.00427. The Morgan fingerprint density at radius 2 is 1.81 bits per heavy atom. The van der Waals surface area contributed by atoms with Crippen molar-refractivity contribution in [1.82, 2.24) is 15.1 Å². The first-order valence-corrected chi connectivity index (χ1v) is 9.68. The number of amides is 2. The van der Waals surface area contributed by atoms with Gasteiger partial charge in [-0.2, -0.15) is 0 Å². The van der Waals surface area contributed by atoms with Crippen molar-refractivity contribution in [3.05, 3.63) is 35.4 Å². The van der Waals surface area contributed by atoms with Crippen molar-refractivity contribution < 1.29 is 9.59 Å². The van der Waals surface area contributed by atoms with Gasteiger partial charge >= 0.3 is 0 Å². The van der Waals surface area contributed by atoms with Crippen LogP contribution in [0.5, 0.6) is 0 Å². The number of rotatable bonds is 7. The van der Waals surface area contributed by atoms with Crippen molar-refractivity contribution in [3.8, 4) is 0 Å². The number of piperidine rings is 1. The molecule has 5 heteroatoms. The molecular formula is C21H33N3O2. The molecule has 144 valence electrons. The van der Waals surface area contributed by atoms with E-state index in [0.717, 1.165) is 24.6 Å². The Labute approximate surface area is 157 Å². The van der Waals surface area contributed by atoms with Crippen molar-refractivity contribution in [2.75, 3.05) is 33.7 Å². The first-order chi connectivity index (χ1) is 12.4. The van der Waals surface area contributed by atoms with Crippen LogP contribution < -0.4 is 5.32 Å². The molecule has 0 radical (unpaired) electrons. The number of carbonyl (C=O) groups is 2. The first-order valence-electron chi connectivity index (χ1n) is 9.68. The van der Waals surface area contributed by atoms with E-state index < -0.39 is 0 Å². The van der Waals surface area contributed by atoms with E-state index in [-0.39, 0.29) is 11.8 Å². The topological polar surface area (TPSA) is 52.7 Å². The summed E-state index contributed by atoms with van der Waals surface area (Å²) in [5, 5.41) is 3.06. The standard InChI is InChI=1S/C21H33N3O2/c1-16-11-13-24(14-12-16)17(2)15-22-20(25)10-7-18-5-8-19(9-6-18)21(26)23(3)4/h5-6,8-9,16-17H,7,10-15H2,1-4H3,(H,22,25). The Morgan fingerprint density at radius 1 is 1.19 bits per heavy atom. The highest BCUT2D eigenvalue weighted by Crippen LogP contribution is 2.17. The molecule has 2 amide bonds. The Balaban J connectivity index is 1.70. The summed E-state index contributed by atoms with van der Waals surface area (Å²) in [7, 11) is 3.48. The van der Waals surface area contributed by atoms with Crippen LogP contribution in [0.3, 0.4) is 0 Å². The molecule has 0 saturated carbocycles. The Morgan fingerprint density at radius 3 is 2.38 bits per heavy atom. The van der Waals surface area contributed by atoms with Gasteiger partial charge in [0.15, 0.2) is 0 Å². The van der Waals surface area contributed by atoms with Crippen LogP contribution in [0, 0.1) is 5.92 Å². The van der Waals surface area contributed by atoms with Gasteiger partial charge in [0.1, 0.15) is 0 Å². The normalized spacial score (nSPS) is 16.9. The predicted molar refractivity (Wildman–Crippen MR) is 105 cm³/mol. The third-order valence-corrected chi connectivity index (χ3v) is 5.28. The second-order valence-corrected chi connectivity index (χ2v) is 7.77. The van der Waals surface area contributed by atoms with Gasteiger partial charge in [-0.25, -0.2) is 0 Å². The SMILES string of the molecule is CC1CCN(C(C)CNC(=O)CCc2ccc(C(=O)N(C)C)cc2)CC1. The number of benzene rings is 1. The maximum Gasteiger partial charge on any atom is 0.253 e. The fourth-order valence-corrected chi connectivity index (χ4v) is 3.28. The van der Waals surface area contributed by atoms with Gasteiger partial charge in [-0.15, -0.1) is 0 Å². The second-order valence-electron chi connectivity index (χ2n) is 7.77. The molecule has 1 aliphatic rings. The maximum atomic E-state index is 12.1. The molecule has 1 atom stereocenters. The Kier molecular flexibility index (Phi) is 7.64. The van der Waals surface area contributed by atoms with Gasteiger partial charge in [-0.1, -0.05) is 19.1 Å². The third-order valence-electron chi connectivity index (χ3n) is 5.28. The molecule has 0 aliphatic carbocycles. The summed E-state index contributed by atoms with van der Waals surface area (Å²) in [5.74, 6) is 0.915. The molecule has 5 nitrogen and oxygen atoms in total. The molecule has 0 bridgehead atoms. The zero-order valence-corrected chi connectivity index (χ0v) is 16.6. The van der Waals surface area contributed by atoms with Crippen LogP contribution in [-0.2, 0) is 11.2 Å². The van der Waals surface area contributed by atoms with Gasteiger partial charge in [0.05, 0.1) is 0 Å². The average molecular weight is 360 g/mol. The highest BCUT2D eigenvalue weighted by Gasteiger charge is 2.20. The number of hydrogen-bond donors (Lipinski definition) is 1. The lowest BCUT2D eigenvalue weighted by atomic mass is 9.98. The first kappa shape index (κ1) is 20.4. The highest BCUT2D eigenvalue weighted by molar-refractivity contribution is 5.93. The van der Waals surface area contributed by atoms with E-state index in [1.165, 1.54) is 12.8 Å². The van der Waals surface area contributed by atoms with E-state index in [9.17, 15) is 9.59 Å². The summed E-state index contributed by atoms with van der Waals surface area (Å²) < 4.78 is 0. The molecule has 0 spiro atoms. The number of aryl methyl sites for hydroxylation is 1. The van der Waals surface area contributed by atoms with Crippen LogP contribution in [0.15, 0.2) is 24.3 Å². The van der Waals surface area contributed by atoms with Gasteiger partial charge in [-0.3, -0.25) is 14.5 Å².